The molecule has 8 nitrogen and oxygen atoms in total. The van der Waals surface area contributed by atoms with Crippen LogP contribution in [0.3, 0.4) is 0 Å². The molecular formula is C22H42O8Zr. The van der Waals surface area contributed by atoms with Crippen LogP contribution in [-0.2, 0) is 58.4 Å². The van der Waals surface area contributed by atoms with Crippen LogP contribution >= 0.6 is 0 Å². The van der Waals surface area contributed by atoms with Gasteiger partial charge in [-0.25, -0.2) is 0 Å². The van der Waals surface area contributed by atoms with Gasteiger partial charge in [0.25, 0.3) is 0 Å². The Hall–Kier alpha value is -0.917. The first kappa shape index (κ1) is 34.7. The number of hydrogen-bond donors (Lipinski definition) is 0. The van der Waals surface area contributed by atoms with E-state index in [1.54, 1.807) is 41.5 Å². The van der Waals surface area contributed by atoms with Gasteiger partial charge in [0, 0.05) is 0 Å². The first-order valence-electron chi connectivity index (χ1n) is 10.2. The molecule has 0 aliphatic heterocycles. The summed E-state index contributed by atoms with van der Waals surface area (Å²) in [6, 6.07) is 0. The summed E-state index contributed by atoms with van der Waals surface area (Å²) in [5.41, 5.74) is -0.987. The molecule has 31 heavy (non-hydrogen) atoms. The maximum absolute atomic E-state index is 10.8. The van der Waals surface area contributed by atoms with Crippen molar-refractivity contribution in [2.45, 2.75) is 119 Å². The minimum atomic E-state index is -0.929. The van der Waals surface area contributed by atoms with Gasteiger partial charge in [0.05, 0.1) is 0 Å². The zero-order valence-corrected chi connectivity index (χ0v) is 23.8. The number of Topliss-reactive ketones (excluding diaryl/α,β-unsaturated/α-hetero) is 2. The van der Waals surface area contributed by atoms with Crippen LogP contribution in [0.2, 0.25) is 0 Å². The van der Waals surface area contributed by atoms with E-state index in [-0.39, 0.29) is 24.4 Å². The fourth-order valence-electron chi connectivity index (χ4n) is 1.38. The number of ketones is 2. The average molecular weight is 526 g/mol. The van der Waals surface area contributed by atoms with E-state index < -0.39 is 47.3 Å². The molecule has 0 amide bonds. The standard InChI is InChI=1S/2C8H14O3.2C3H7O.Zr/c2*1-6(9)5-7(10)11-8(2,3)4;2*1-3(2)4;/h2*5H2,1-4H3;2*3H,1-2H3;/q;;2*-1;+2. The number of hydrogen-bond acceptors (Lipinski definition) is 8. The van der Waals surface area contributed by atoms with Gasteiger partial charge in [-0.2, -0.15) is 0 Å². The van der Waals surface area contributed by atoms with Crippen LogP contribution < -0.4 is 0 Å². The van der Waals surface area contributed by atoms with E-state index in [4.69, 9.17) is 15.1 Å². The number of esters is 2. The fourth-order valence-corrected chi connectivity index (χ4v) is 2.46. The third-order valence-corrected chi connectivity index (χ3v) is 4.98. The van der Waals surface area contributed by atoms with Gasteiger partial charge < -0.3 is 9.47 Å². The fraction of sp³-hybridized carbons (Fsp3) is 0.818. The van der Waals surface area contributed by atoms with Crippen molar-refractivity contribution < 1.29 is 58.4 Å². The molecule has 0 unspecified atom stereocenters. The van der Waals surface area contributed by atoms with Crippen LogP contribution in [0.5, 0.6) is 0 Å². The van der Waals surface area contributed by atoms with Gasteiger partial charge in [0.15, 0.2) is 0 Å². The van der Waals surface area contributed by atoms with E-state index >= 15 is 0 Å². The second-order valence-corrected chi connectivity index (χ2v) is 10.9. The van der Waals surface area contributed by atoms with Crippen molar-refractivity contribution in [1.82, 2.24) is 0 Å². The van der Waals surface area contributed by atoms with Gasteiger partial charge in [0.2, 0.25) is 0 Å². The Kier molecular flexibility index (Phi) is 19.7. The van der Waals surface area contributed by atoms with E-state index in [0.29, 0.717) is 12.2 Å². The Bertz CT molecular complexity index is 495. The van der Waals surface area contributed by atoms with Gasteiger partial charge in [-0.15, -0.1) is 0 Å². The molecule has 0 aromatic carbocycles. The molecule has 0 aromatic heterocycles. The van der Waals surface area contributed by atoms with Gasteiger partial charge in [-0.3, -0.25) is 19.2 Å². The zero-order chi connectivity index (χ0) is 25.4. The van der Waals surface area contributed by atoms with Crippen molar-refractivity contribution >= 4 is 23.5 Å². The summed E-state index contributed by atoms with van der Waals surface area (Å²) in [7, 11) is 0. The Labute approximate surface area is 200 Å². The summed E-state index contributed by atoms with van der Waals surface area (Å²) in [5, 5.41) is 0. The molecule has 0 aromatic rings. The minimum absolute atomic E-state index is 0.128. The third kappa shape index (κ3) is 40.0. The summed E-state index contributed by atoms with van der Waals surface area (Å²) in [6.07, 6.45) is 0.430. The Morgan fingerprint density at radius 2 is 0.903 bits per heavy atom. The van der Waals surface area contributed by atoms with Crippen LogP contribution in [0.1, 0.15) is 95.9 Å². The van der Waals surface area contributed by atoms with E-state index in [1.807, 2.05) is 27.7 Å². The molecule has 0 saturated heterocycles. The summed E-state index contributed by atoms with van der Waals surface area (Å²) >= 11 is -0.929. The molecule has 0 atom stereocenters. The molecule has 0 radical (unpaired) electrons. The van der Waals surface area contributed by atoms with Gasteiger partial charge in [-0.1, -0.05) is 0 Å². The molecule has 0 saturated carbocycles. The van der Waals surface area contributed by atoms with E-state index in [9.17, 15) is 19.2 Å². The van der Waals surface area contributed by atoms with Crippen molar-refractivity contribution in [3.63, 3.8) is 0 Å². The second-order valence-electron chi connectivity index (χ2n) is 9.35. The molecular weight excluding hydrogens is 483 g/mol. The Balaban J connectivity index is -0.000000382. The molecule has 0 fully saturated rings. The van der Waals surface area contributed by atoms with Gasteiger partial charge in [-0.05, 0) is 55.4 Å². The molecule has 0 heterocycles. The number of ether oxygens (including phenoxy) is 2. The maximum atomic E-state index is 10.8. The van der Waals surface area contributed by atoms with E-state index in [1.165, 1.54) is 13.8 Å². The van der Waals surface area contributed by atoms with Gasteiger partial charge in [0.1, 0.15) is 35.6 Å². The molecule has 0 bridgehead atoms. The van der Waals surface area contributed by atoms with Gasteiger partial charge >= 0.3 is 81.6 Å². The van der Waals surface area contributed by atoms with Crippen molar-refractivity contribution in [2.24, 2.45) is 0 Å². The topological polar surface area (TPSA) is 105 Å². The first-order chi connectivity index (χ1) is 13.7. The second kappa shape index (κ2) is 17.6. The quantitative estimate of drug-likeness (QED) is 0.340. The molecule has 9 heteroatoms. The van der Waals surface area contributed by atoms with Crippen molar-refractivity contribution in [3.05, 3.63) is 0 Å². The summed E-state index contributed by atoms with van der Waals surface area (Å²) < 4.78 is 20.4. The normalized spacial score (nSPS) is 10.9. The van der Waals surface area contributed by atoms with E-state index in [2.05, 4.69) is 0 Å². The number of carbonyl (C=O) groups is 4. The predicted octanol–water partition coefficient (Wildman–Crippen LogP) is 4.36. The van der Waals surface area contributed by atoms with Crippen LogP contribution in [0, 0.1) is 0 Å². The predicted molar refractivity (Wildman–Crippen MR) is 115 cm³/mol. The van der Waals surface area contributed by atoms with E-state index in [0.717, 1.165) is 0 Å². The van der Waals surface area contributed by atoms with Crippen molar-refractivity contribution in [2.75, 3.05) is 0 Å². The summed E-state index contributed by atoms with van der Waals surface area (Å²) in [4.78, 5) is 42.5. The molecule has 0 aliphatic rings. The van der Waals surface area contributed by atoms with Crippen LogP contribution in [0.4, 0.5) is 0 Å². The van der Waals surface area contributed by atoms with Crippen LogP contribution in [0.25, 0.3) is 0 Å². The summed E-state index contributed by atoms with van der Waals surface area (Å²) in [5.74, 6) is -1.24. The number of rotatable bonds is 8. The molecule has 0 aliphatic carbocycles. The van der Waals surface area contributed by atoms with Crippen molar-refractivity contribution in [1.29, 1.82) is 0 Å². The van der Waals surface area contributed by atoms with Crippen molar-refractivity contribution in [3.8, 4) is 0 Å². The molecule has 0 rings (SSSR count). The molecule has 0 spiro atoms. The Morgan fingerprint density at radius 1 is 0.645 bits per heavy atom. The average Bonchev–Trinajstić information content (AvgIpc) is 2.41. The SMILES string of the molecule is CC(=O)CC(=O)OC(C)(C)C.CC(=O)CC(=O)OC(C)(C)C.CC(C)[O][Zr][O]C(C)C. The first-order valence-corrected chi connectivity index (χ1v) is 12.2. The molecule has 0 N–H and O–H groups in total. The zero-order valence-electron chi connectivity index (χ0n) is 21.3. The monoisotopic (exact) mass is 524 g/mol. The van der Waals surface area contributed by atoms with Crippen LogP contribution in [0.15, 0.2) is 0 Å². The molecule has 182 valence electrons. The van der Waals surface area contributed by atoms with Crippen LogP contribution in [-0.4, -0.2) is 46.9 Å². The summed E-state index contributed by atoms with van der Waals surface area (Å²) in [6.45, 7) is 21.5. The Morgan fingerprint density at radius 3 is 1.06 bits per heavy atom. The number of carbonyl (C=O) groups excluding carboxylic acids is 4. The third-order valence-electron chi connectivity index (χ3n) is 2.19.